The summed E-state index contributed by atoms with van der Waals surface area (Å²) in [5, 5.41) is 3.02. The lowest BCUT2D eigenvalue weighted by atomic mass is 10.0. The van der Waals surface area contributed by atoms with Gasteiger partial charge in [0.2, 0.25) is 0 Å². The van der Waals surface area contributed by atoms with Crippen molar-refractivity contribution < 1.29 is 9.53 Å². The molecule has 0 saturated carbocycles. The van der Waals surface area contributed by atoms with Gasteiger partial charge in [0.05, 0.1) is 12.1 Å². The molecule has 1 fully saturated rings. The SMILES string of the molecule is CC1(NC(=O)c2ccc(I)cc2)CCOC1. The van der Waals surface area contributed by atoms with E-state index in [0.717, 1.165) is 16.6 Å². The minimum atomic E-state index is -0.208. The van der Waals surface area contributed by atoms with E-state index in [1.807, 2.05) is 31.2 Å². The Morgan fingerprint density at radius 2 is 2.12 bits per heavy atom. The molecular weight excluding hydrogens is 317 g/mol. The summed E-state index contributed by atoms with van der Waals surface area (Å²) >= 11 is 2.22. The predicted octanol–water partition coefficient (Wildman–Crippen LogP) is 2.20. The number of amides is 1. The molecule has 0 aliphatic carbocycles. The molecule has 1 unspecified atom stereocenters. The van der Waals surface area contributed by atoms with Crippen LogP contribution < -0.4 is 5.32 Å². The molecule has 1 amide bonds. The smallest absolute Gasteiger partial charge is 0.251 e. The van der Waals surface area contributed by atoms with Gasteiger partial charge in [0.15, 0.2) is 0 Å². The lowest BCUT2D eigenvalue weighted by Gasteiger charge is -2.23. The monoisotopic (exact) mass is 331 g/mol. The number of nitrogens with one attached hydrogen (secondary N) is 1. The molecule has 1 aromatic carbocycles. The van der Waals surface area contributed by atoms with Crippen LogP contribution in [0.3, 0.4) is 0 Å². The van der Waals surface area contributed by atoms with Crippen molar-refractivity contribution in [3.05, 3.63) is 33.4 Å². The van der Waals surface area contributed by atoms with Crippen molar-refractivity contribution >= 4 is 28.5 Å². The first kappa shape index (κ1) is 11.9. The second kappa shape index (κ2) is 4.71. The van der Waals surface area contributed by atoms with Gasteiger partial charge in [-0.05, 0) is 60.2 Å². The van der Waals surface area contributed by atoms with Crippen LogP contribution in [0.25, 0.3) is 0 Å². The van der Waals surface area contributed by atoms with E-state index in [2.05, 4.69) is 27.9 Å². The lowest BCUT2D eigenvalue weighted by molar-refractivity contribution is 0.0890. The van der Waals surface area contributed by atoms with Gasteiger partial charge in [-0.3, -0.25) is 4.79 Å². The number of hydrogen-bond donors (Lipinski definition) is 1. The topological polar surface area (TPSA) is 38.3 Å². The van der Waals surface area contributed by atoms with Gasteiger partial charge in [-0.25, -0.2) is 0 Å². The molecular formula is C12H14INO2. The number of ether oxygens (including phenoxy) is 1. The second-order valence-electron chi connectivity index (χ2n) is 4.32. The maximum Gasteiger partial charge on any atom is 0.251 e. The summed E-state index contributed by atoms with van der Waals surface area (Å²) in [5.41, 5.74) is 0.494. The van der Waals surface area contributed by atoms with Crippen molar-refractivity contribution in [3.63, 3.8) is 0 Å². The third kappa shape index (κ3) is 2.74. The molecule has 0 spiro atoms. The van der Waals surface area contributed by atoms with Crippen LogP contribution in [0, 0.1) is 3.57 Å². The van der Waals surface area contributed by atoms with E-state index in [4.69, 9.17) is 4.74 Å². The van der Waals surface area contributed by atoms with Gasteiger partial charge in [0.25, 0.3) is 5.91 Å². The molecule has 1 atom stereocenters. The van der Waals surface area contributed by atoms with Gasteiger partial charge in [-0.1, -0.05) is 0 Å². The van der Waals surface area contributed by atoms with Crippen LogP contribution in [0.1, 0.15) is 23.7 Å². The highest BCUT2D eigenvalue weighted by molar-refractivity contribution is 14.1. The Hall–Kier alpha value is -0.620. The Morgan fingerprint density at radius 3 is 2.69 bits per heavy atom. The first-order valence-corrected chi connectivity index (χ1v) is 6.33. The molecule has 1 N–H and O–H groups in total. The van der Waals surface area contributed by atoms with E-state index in [-0.39, 0.29) is 11.4 Å². The third-order valence-electron chi connectivity index (χ3n) is 2.74. The molecule has 16 heavy (non-hydrogen) atoms. The zero-order chi connectivity index (χ0) is 11.6. The molecule has 1 saturated heterocycles. The number of rotatable bonds is 2. The predicted molar refractivity (Wildman–Crippen MR) is 70.5 cm³/mol. The summed E-state index contributed by atoms with van der Waals surface area (Å²) in [7, 11) is 0. The number of hydrogen-bond acceptors (Lipinski definition) is 2. The summed E-state index contributed by atoms with van der Waals surface area (Å²) in [6.07, 6.45) is 0.878. The van der Waals surface area contributed by atoms with Gasteiger partial charge < -0.3 is 10.1 Å². The first-order valence-electron chi connectivity index (χ1n) is 5.25. The number of benzene rings is 1. The van der Waals surface area contributed by atoms with Gasteiger partial charge in [0.1, 0.15) is 0 Å². The molecule has 1 aliphatic rings. The van der Waals surface area contributed by atoms with Gasteiger partial charge >= 0.3 is 0 Å². The highest BCUT2D eigenvalue weighted by Gasteiger charge is 2.31. The van der Waals surface area contributed by atoms with E-state index in [1.54, 1.807) is 0 Å². The summed E-state index contributed by atoms with van der Waals surface area (Å²) < 4.78 is 6.43. The maximum atomic E-state index is 11.9. The Balaban J connectivity index is 2.05. The minimum Gasteiger partial charge on any atom is -0.379 e. The number of halogens is 1. The number of carbonyl (C=O) groups excluding carboxylic acids is 1. The molecule has 4 heteroatoms. The summed E-state index contributed by atoms with van der Waals surface area (Å²) in [6, 6.07) is 7.55. The van der Waals surface area contributed by atoms with E-state index < -0.39 is 0 Å². The van der Waals surface area contributed by atoms with Crippen LogP contribution in [0.4, 0.5) is 0 Å². The zero-order valence-electron chi connectivity index (χ0n) is 9.13. The normalized spacial score (nSPS) is 24.4. The van der Waals surface area contributed by atoms with E-state index in [1.165, 1.54) is 0 Å². The third-order valence-corrected chi connectivity index (χ3v) is 3.46. The summed E-state index contributed by atoms with van der Waals surface area (Å²) in [4.78, 5) is 11.9. The first-order chi connectivity index (χ1) is 7.59. The highest BCUT2D eigenvalue weighted by atomic mass is 127. The summed E-state index contributed by atoms with van der Waals surface area (Å²) in [6.45, 7) is 3.34. The van der Waals surface area contributed by atoms with Crippen LogP contribution in [0.5, 0.6) is 0 Å². The van der Waals surface area contributed by atoms with Gasteiger partial charge in [-0.2, -0.15) is 0 Å². The van der Waals surface area contributed by atoms with Crippen molar-refractivity contribution in [2.24, 2.45) is 0 Å². The average molecular weight is 331 g/mol. The fraction of sp³-hybridized carbons (Fsp3) is 0.417. The van der Waals surface area contributed by atoms with Crippen molar-refractivity contribution in [1.82, 2.24) is 5.32 Å². The molecule has 1 aromatic rings. The Bertz CT molecular complexity index is 383. The molecule has 2 rings (SSSR count). The molecule has 3 nitrogen and oxygen atoms in total. The van der Waals surface area contributed by atoms with Crippen LogP contribution in [-0.2, 0) is 4.74 Å². The Morgan fingerprint density at radius 1 is 1.44 bits per heavy atom. The fourth-order valence-corrected chi connectivity index (χ4v) is 2.07. The van der Waals surface area contributed by atoms with Gasteiger partial charge in [-0.15, -0.1) is 0 Å². The Labute approximate surface area is 109 Å². The molecule has 86 valence electrons. The molecule has 1 heterocycles. The highest BCUT2D eigenvalue weighted by Crippen LogP contribution is 2.18. The van der Waals surface area contributed by atoms with Crippen LogP contribution >= 0.6 is 22.6 Å². The van der Waals surface area contributed by atoms with Crippen LogP contribution in [0.2, 0.25) is 0 Å². The van der Waals surface area contributed by atoms with Gasteiger partial charge in [0, 0.05) is 15.7 Å². The lowest BCUT2D eigenvalue weighted by Crippen LogP contribution is -2.46. The molecule has 1 aliphatic heterocycles. The molecule has 0 radical (unpaired) electrons. The molecule has 0 bridgehead atoms. The van der Waals surface area contributed by atoms with E-state index in [9.17, 15) is 4.79 Å². The van der Waals surface area contributed by atoms with Crippen molar-refractivity contribution in [1.29, 1.82) is 0 Å². The van der Waals surface area contributed by atoms with Crippen LogP contribution in [-0.4, -0.2) is 24.7 Å². The standard InChI is InChI=1S/C12H14INO2/c1-12(6-7-16-8-12)14-11(15)9-2-4-10(13)5-3-9/h2-5H,6-8H2,1H3,(H,14,15). The quantitative estimate of drug-likeness (QED) is 0.844. The maximum absolute atomic E-state index is 11.9. The largest absolute Gasteiger partial charge is 0.379 e. The Kier molecular flexibility index (Phi) is 3.49. The van der Waals surface area contributed by atoms with Crippen molar-refractivity contribution in [3.8, 4) is 0 Å². The number of carbonyl (C=O) groups is 1. The van der Waals surface area contributed by atoms with Crippen molar-refractivity contribution in [2.45, 2.75) is 18.9 Å². The zero-order valence-corrected chi connectivity index (χ0v) is 11.3. The van der Waals surface area contributed by atoms with Crippen LogP contribution in [0.15, 0.2) is 24.3 Å². The van der Waals surface area contributed by atoms with E-state index >= 15 is 0 Å². The fourth-order valence-electron chi connectivity index (χ4n) is 1.71. The minimum absolute atomic E-state index is 0.0237. The molecule has 0 aromatic heterocycles. The van der Waals surface area contributed by atoms with E-state index in [0.29, 0.717) is 12.2 Å². The second-order valence-corrected chi connectivity index (χ2v) is 5.57. The van der Waals surface area contributed by atoms with Crippen molar-refractivity contribution in [2.75, 3.05) is 13.2 Å². The average Bonchev–Trinajstić information content (AvgIpc) is 2.65. The summed E-state index contributed by atoms with van der Waals surface area (Å²) in [5.74, 6) is -0.0237.